The average molecular weight is 296 g/mol. The molecule has 5 nitrogen and oxygen atoms in total. The summed E-state index contributed by atoms with van der Waals surface area (Å²) in [6.07, 6.45) is 0.865. The first-order chi connectivity index (χ1) is 9.46. The first-order valence-corrected chi connectivity index (χ1v) is 8.58. The summed E-state index contributed by atoms with van der Waals surface area (Å²) in [5, 5.41) is 5.98. The zero-order valence-electron chi connectivity index (χ0n) is 11.6. The first-order valence-electron chi connectivity index (χ1n) is 6.75. The van der Waals surface area contributed by atoms with E-state index in [9.17, 15) is 13.2 Å². The topological polar surface area (TPSA) is 75.3 Å². The van der Waals surface area contributed by atoms with Crippen molar-refractivity contribution in [2.75, 3.05) is 23.4 Å². The second-order valence-corrected chi connectivity index (χ2v) is 7.39. The zero-order chi connectivity index (χ0) is 14.6. The van der Waals surface area contributed by atoms with Crippen molar-refractivity contribution in [2.24, 2.45) is 0 Å². The van der Waals surface area contributed by atoms with Crippen LogP contribution >= 0.6 is 0 Å². The van der Waals surface area contributed by atoms with Gasteiger partial charge in [-0.2, -0.15) is 0 Å². The van der Waals surface area contributed by atoms with Crippen LogP contribution in [0.3, 0.4) is 0 Å². The zero-order valence-corrected chi connectivity index (χ0v) is 12.4. The van der Waals surface area contributed by atoms with Crippen LogP contribution in [0.25, 0.3) is 0 Å². The highest BCUT2D eigenvalue weighted by Gasteiger charge is 2.28. The van der Waals surface area contributed by atoms with E-state index in [0.717, 1.165) is 11.3 Å². The van der Waals surface area contributed by atoms with Gasteiger partial charge in [-0.3, -0.25) is 4.79 Å². The van der Waals surface area contributed by atoms with Gasteiger partial charge in [0.25, 0.3) is 0 Å². The highest BCUT2D eigenvalue weighted by atomic mass is 32.2. The number of amides is 1. The largest absolute Gasteiger partial charge is 0.384 e. The first kappa shape index (κ1) is 14.8. The molecule has 0 saturated carbocycles. The number of carbonyl (C=O) groups excluding carboxylic acids is 1. The SMILES string of the molecule is Cc1ccccc1NCCC(=O)N[C@@H]1CCS(=O)(=O)C1. The fourth-order valence-corrected chi connectivity index (χ4v) is 3.96. The molecule has 1 atom stereocenters. The van der Waals surface area contributed by atoms with Gasteiger partial charge in [-0.25, -0.2) is 8.42 Å². The lowest BCUT2D eigenvalue weighted by Crippen LogP contribution is -2.36. The van der Waals surface area contributed by atoms with E-state index in [1.165, 1.54) is 0 Å². The Bertz CT molecular complexity index is 584. The van der Waals surface area contributed by atoms with Crippen LogP contribution in [0.2, 0.25) is 0 Å². The number of carbonyl (C=O) groups is 1. The minimum absolute atomic E-state index is 0.0734. The standard InChI is InChI=1S/C14H20N2O3S/c1-11-4-2-3-5-13(11)15-8-6-14(17)16-12-7-9-20(18,19)10-12/h2-5,12,15H,6-10H2,1H3,(H,16,17)/t12-/m1/s1. The van der Waals surface area contributed by atoms with Gasteiger partial charge in [0.05, 0.1) is 11.5 Å². The summed E-state index contributed by atoms with van der Waals surface area (Å²) in [5.41, 5.74) is 2.15. The van der Waals surface area contributed by atoms with Gasteiger partial charge >= 0.3 is 0 Å². The lowest BCUT2D eigenvalue weighted by atomic mass is 10.2. The molecule has 1 aromatic carbocycles. The Labute approximate surface area is 119 Å². The van der Waals surface area contributed by atoms with Crippen LogP contribution in [0.4, 0.5) is 5.69 Å². The van der Waals surface area contributed by atoms with Crippen LogP contribution in [0.1, 0.15) is 18.4 Å². The van der Waals surface area contributed by atoms with Crippen molar-refractivity contribution in [3.8, 4) is 0 Å². The van der Waals surface area contributed by atoms with E-state index in [4.69, 9.17) is 0 Å². The molecule has 1 fully saturated rings. The number of hydrogen-bond acceptors (Lipinski definition) is 4. The molecule has 2 rings (SSSR count). The average Bonchev–Trinajstić information content (AvgIpc) is 2.71. The number of aryl methyl sites for hydroxylation is 1. The van der Waals surface area contributed by atoms with Gasteiger partial charge in [0.15, 0.2) is 9.84 Å². The summed E-state index contributed by atoms with van der Waals surface area (Å²) < 4.78 is 22.6. The van der Waals surface area contributed by atoms with Crippen molar-refractivity contribution in [3.05, 3.63) is 29.8 Å². The monoisotopic (exact) mass is 296 g/mol. The number of nitrogens with one attached hydrogen (secondary N) is 2. The van der Waals surface area contributed by atoms with Gasteiger partial charge in [-0.15, -0.1) is 0 Å². The Morgan fingerprint density at radius 3 is 2.75 bits per heavy atom. The molecule has 1 amide bonds. The van der Waals surface area contributed by atoms with Crippen LogP contribution in [-0.2, 0) is 14.6 Å². The van der Waals surface area contributed by atoms with E-state index in [0.29, 0.717) is 19.4 Å². The Kier molecular flexibility index (Phi) is 4.65. The lowest BCUT2D eigenvalue weighted by Gasteiger charge is -2.12. The number of hydrogen-bond donors (Lipinski definition) is 2. The Morgan fingerprint density at radius 2 is 2.10 bits per heavy atom. The number of benzene rings is 1. The van der Waals surface area contributed by atoms with E-state index >= 15 is 0 Å². The maximum absolute atomic E-state index is 11.7. The summed E-state index contributed by atoms with van der Waals surface area (Å²) in [5.74, 6) is 0.150. The summed E-state index contributed by atoms with van der Waals surface area (Å²) in [4.78, 5) is 11.7. The highest BCUT2D eigenvalue weighted by Crippen LogP contribution is 2.13. The third kappa shape index (κ3) is 4.23. The van der Waals surface area contributed by atoms with Gasteiger partial charge in [0, 0.05) is 24.7 Å². The third-order valence-electron chi connectivity index (χ3n) is 3.41. The van der Waals surface area contributed by atoms with Gasteiger partial charge < -0.3 is 10.6 Å². The Hall–Kier alpha value is -1.56. The van der Waals surface area contributed by atoms with E-state index in [2.05, 4.69) is 10.6 Å². The summed E-state index contributed by atoms with van der Waals surface area (Å²) in [6, 6.07) is 7.67. The van der Waals surface area contributed by atoms with Crippen molar-refractivity contribution in [2.45, 2.75) is 25.8 Å². The molecule has 6 heteroatoms. The van der Waals surface area contributed by atoms with Crippen molar-refractivity contribution in [1.82, 2.24) is 5.32 Å². The molecule has 0 unspecified atom stereocenters. The molecule has 1 aliphatic heterocycles. The second-order valence-electron chi connectivity index (χ2n) is 5.16. The molecule has 2 N–H and O–H groups in total. The molecule has 20 heavy (non-hydrogen) atoms. The van der Waals surface area contributed by atoms with Crippen LogP contribution in [0, 0.1) is 6.92 Å². The lowest BCUT2D eigenvalue weighted by molar-refractivity contribution is -0.121. The minimum atomic E-state index is -2.94. The molecule has 1 aliphatic rings. The second kappa shape index (κ2) is 6.26. The minimum Gasteiger partial charge on any atom is -0.384 e. The number of para-hydroxylation sites is 1. The predicted octanol–water partition coefficient (Wildman–Crippen LogP) is 1.10. The smallest absolute Gasteiger partial charge is 0.222 e. The van der Waals surface area contributed by atoms with Gasteiger partial charge in [-0.05, 0) is 25.0 Å². The third-order valence-corrected chi connectivity index (χ3v) is 5.18. The van der Waals surface area contributed by atoms with E-state index in [-0.39, 0.29) is 23.5 Å². The van der Waals surface area contributed by atoms with Crippen molar-refractivity contribution in [1.29, 1.82) is 0 Å². The van der Waals surface area contributed by atoms with Crippen LogP contribution in [0.15, 0.2) is 24.3 Å². The molecule has 1 saturated heterocycles. The fourth-order valence-electron chi connectivity index (χ4n) is 2.29. The van der Waals surface area contributed by atoms with Crippen LogP contribution in [-0.4, -0.2) is 38.4 Å². The molecule has 1 heterocycles. The van der Waals surface area contributed by atoms with Gasteiger partial charge in [0.1, 0.15) is 0 Å². The maximum atomic E-state index is 11.7. The van der Waals surface area contributed by atoms with Crippen molar-refractivity contribution in [3.63, 3.8) is 0 Å². The molecule has 0 spiro atoms. The molecule has 1 aromatic rings. The number of sulfone groups is 1. The number of rotatable bonds is 5. The quantitative estimate of drug-likeness (QED) is 0.853. The molecule has 110 valence electrons. The Balaban J connectivity index is 1.72. The molecule has 0 aromatic heterocycles. The van der Waals surface area contributed by atoms with E-state index in [1.54, 1.807) is 0 Å². The van der Waals surface area contributed by atoms with Gasteiger partial charge in [0.2, 0.25) is 5.91 Å². The Morgan fingerprint density at radius 1 is 1.35 bits per heavy atom. The van der Waals surface area contributed by atoms with E-state index in [1.807, 2.05) is 31.2 Å². The van der Waals surface area contributed by atoms with E-state index < -0.39 is 9.84 Å². The predicted molar refractivity (Wildman–Crippen MR) is 79.5 cm³/mol. The van der Waals surface area contributed by atoms with Crippen LogP contribution < -0.4 is 10.6 Å². The molecule has 0 aliphatic carbocycles. The molecule has 0 radical (unpaired) electrons. The van der Waals surface area contributed by atoms with Gasteiger partial charge in [-0.1, -0.05) is 18.2 Å². The maximum Gasteiger partial charge on any atom is 0.222 e. The van der Waals surface area contributed by atoms with Crippen LogP contribution in [0.5, 0.6) is 0 Å². The number of anilines is 1. The summed E-state index contributed by atoms with van der Waals surface area (Å²) in [7, 11) is -2.94. The summed E-state index contributed by atoms with van der Waals surface area (Å²) in [6.45, 7) is 2.54. The summed E-state index contributed by atoms with van der Waals surface area (Å²) >= 11 is 0. The molecular weight excluding hydrogens is 276 g/mol. The van der Waals surface area contributed by atoms with Crippen molar-refractivity contribution < 1.29 is 13.2 Å². The highest BCUT2D eigenvalue weighted by molar-refractivity contribution is 7.91. The normalized spacial score (nSPS) is 20.6. The van der Waals surface area contributed by atoms with Crippen molar-refractivity contribution >= 4 is 21.4 Å². The molecular formula is C14H20N2O3S. The molecule has 0 bridgehead atoms. The fraction of sp³-hybridized carbons (Fsp3) is 0.500.